The Morgan fingerprint density at radius 3 is 2.73 bits per heavy atom. The Labute approximate surface area is 92.8 Å². The molecule has 0 spiro atoms. The number of hydrogen-bond donors (Lipinski definition) is 0. The van der Waals surface area contributed by atoms with Crippen LogP contribution in [0.3, 0.4) is 0 Å². The smallest absolute Gasteiger partial charge is 0.126 e. The largest absolute Gasteiger partial charge is 0.377 e. The van der Waals surface area contributed by atoms with Crippen molar-refractivity contribution in [2.75, 3.05) is 26.7 Å². The lowest BCUT2D eigenvalue weighted by Gasteiger charge is -2.41. The molecule has 1 unspecified atom stereocenters. The van der Waals surface area contributed by atoms with Gasteiger partial charge in [0.05, 0.1) is 5.60 Å². The Bertz CT molecular complexity index is 228. The van der Waals surface area contributed by atoms with Crippen LogP contribution in [0.1, 0.15) is 33.6 Å². The quantitative estimate of drug-likeness (QED) is 0.666. The monoisotopic (exact) mass is 213 g/mol. The molecule has 1 rings (SSSR count). The normalized spacial score (nSPS) is 29.1. The summed E-state index contributed by atoms with van der Waals surface area (Å²) in [5.74, 6) is 0. The Morgan fingerprint density at radius 1 is 1.53 bits per heavy atom. The topological polar surface area (TPSA) is 29.5 Å². The van der Waals surface area contributed by atoms with Gasteiger partial charge in [-0.25, -0.2) is 0 Å². The van der Waals surface area contributed by atoms with Crippen LogP contribution in [0.25, 0.3) is 0 Å². The molecule has 0 saturated carbocycles. The van der Waals surface area contributed by atoms with E-state index in [0.29, 0.717) is 0 Å². The molecule has 3 heteroatoms. The molecule has 1 fully saturated rings. The lowest BCUT2D eigenvalue weighted by atomic mass is 9.90. The zero-order valence-electron chi connectivity index (χ0n) is 10.4. The van der Waals surface area contributed by atoms with Gasteiger partial charge in [-0.05, 0) is 26.3 Å². The SMILES string of the molecule is COC1(C)CCCN(CC(C)(C)C=O)C1. The van der Waals surface area contributed by atoms with Crippen molar-refractivity contribution >= 4 is 6.29 Å². The molecule has 0 aromatic carbocycles. The number of aldehydes is 1. The molecule has 0 radical (unpaired) electrons. The predicted octanol–water partition coefficient (Wildman–Crippen LogP) is 1.71. The van der Waals surface area contributed by atoms with Crippen LogP contribution < -0.4 is 0 Å². The van der Waals surface area contributed by atoms with E-state index in [4.69, 9.17) is 4.74 Å². The van der Waals surface area contributed by atoms with Gasteiger partial charge in [0.1, 0.15) is 6.29 Å². The molecular weight excluding hydrogens is 190 g/mol. The number of methoxy groups -OCH3 is 1. The summed E-state index contributed by atoms with van der Waals surface area (Å²) in [6.45, 7) is 8.96. The minimum Gasteiger partial charge on any atom is -0.377 e. The molecule has 1 heterocycles. The summed E-state index contributed by atoms with van der Waals surface area (Å²) in [4.78, 5) is 13.2. The first kappa shape index (κ1) is 12.7. The number of ether oxygens (including phenoxy) is 1. The minimum atomic E-state index is -0.244. The van der Waals surface area contributed by atoms with Crippen LogP contribution >= 0.6 is 0 Å². The van der Waals surface area contributed by atoms with E-state index in [-0.39, 0.29) is 11.0 Å². The van der Waals surface area contributed by atoms with Crippen LogP contribution in [0, 0.1) is 5.41 Å². The second-order valence-electron chi connectivity index (χ2n) is 5.57. The van der Waals surface area contributed by atoms with Gasteiger partial charge in [-0.2, -0.15) is 0 Å². The van der Waals surface area contributed by atoms with Crippen LogP contribution in [-0.2, 0) is 9.53 Å². The van der Waals surface area contributed by atoms with E-state index in [2.05, 4.69) is 11.8 Å². The predicted molar refractivity (Wildman–Crippen MR) is 60.9 cm³/mol. The second kappa shape index (κ2) is 4.62. The first-order chi connectivity index (χ1) is 6.91. The summed E-state index contributed by atoms with van der Waals surface area (Å²) < 4.78 is 5.53. The Kier molecular flexibility index (Phi) is 3.90. The number of hydrogen-bond acceptors (Lipinski definition) is 3. The van der Waals surface area contributed by atoms with E-state index in [1.54, 1.807) is 7.11 Å². The van der Waals surface area contributed by atoms with Gasteiger partial charge < -0.3 is 9.53 Å². The van der Waals surface area contributed by atoms with Crippen molar-refractivity contribution in [2.45, 2.75) is 39.2 Å². The third kappa shape index (κ3) is 3.58. The molecule has 3 nitrogen and oxygen atoms in total. The van der Waals surface area contributed by atoms with Crippen LogP contribution in [0.4, 0.5) is 0 Å². The molecule has 1 atom stereocenters. The van der Waals surface area contributed by atoms with E-state index < -0.39 is 0 Å². The van der Waals surface area contributed by atoms with E-state index in [1.807, 2.05) is 13.8 Å². The van der Waals surface area contributed by atoms with Crippen LogP contribution in [0.5, 0.6) is 0 Å². The number of carbonyl (C=O) groups is 1. The molecule has 88 valence electrons. The highest BCUT2D eigenvalue weighted by Gasteiger charge is 2.33. The molecule has 0 aromatic rings. The number of rotatable bonds is 4. The molecule has 0 amide bonds. The van der Waals surface area contributed by atoms with Gasteiger partial charge >= 0.3 is 0 Å². The van der Waals surface area contributed by atoms with Gasteiger partial charge in [0.15, 0.2) is 0 Å². The fraction of sp³-hybridized carbons (Fsp3) is 0.917. The summed E-state index contributed by atoms with van der Waals surface area (Å²) in [6, 6.07) is 0. The lowest BCUT2D eigenvalue weighted by molar-refractivity contribution is -0.117. The van der Waals surface area contributed by atoms with E-state index >= 15 is 0 Å². The maximum Gasteiger partial charge on any atom is 0.126 e. The molecule has 0 N–H and O–H groups in total. The Morgan fingerprint density at radius 2 is 2.20 bits per heavy atom. The van der Waals surface area contributed by atoms with Gasteiger partial charge in [0, 0.05) is 25.6 Å². The van der Waals surface area contributed by atoms with Crippen LogP contribution in [0.15, 0.2) is 0 Å². The fourth-order valence-electron chi connectivity index (χ4n) is 2.22. The standard InChI is InChI=1S/C12H23NO2/c1-11(2,10-14)8-13-7-5-6-12(3,9-13)15-4/h10H,5-9H2,1-4H3. The van der Waals surface area contributed by atoms with Gasteiger partial charge in [0.25, 0.3) is 0 Å². The molecule has 1 saturated heterocycles. The van der Waals surface area contributed by atoms with Crippen LogP contribution in [-0.4, -0.2) is 43.5 Å². The van der Waals surface area contributed by atoms with Crippen LogP contribution in [0.2, 0.25) is 0 Å². The Hall–Kier alpha value is -0.410. The summed E-state index contributed by atoms with van der Waals surface area (Å²) >= 11 is 0. The molecule has 0 bridgehead atoms. The average molecular weight is 213 g/mol. The third-order valence-electron chi connectivity index (χ3n) is 3.18. The highest BCUT2D eigenvalue weighted by molar-refractivity contribution is 5.58. The van der Waals surface area contributed by atoms with Gasteiger partial charge in [-0.1, -0.05) is 13.8 Å². The van der Waals surface area contributed by atoms with Crippen molar-refractivity contribution in [3.05, 3.63) is 0 Å². The molecule has 1 aliphatic rings. The zero-order chi connectivity index (χ0) is 11.5. The minimum absolute atomic E-state index is 0.0305. The summed E-state index contributed by atoms with van der Waals surface area (Å²) in [6.07, 6.45) is 3.31. The number of carbonyl (C=O) groups excluding carboxylic acids is 1. The van der Waals surface area contributed by atoms with Gasteiger partial charge in [0.2, 0.25) is 0 Å². The van der Waals surface area contributed by atoms with Crippen molar-refractivity contribution in [3.63, 3.8) is 0 Å². The van der Waals surface area contributed by atoms with Crippen molar-refractivity contribution in [2.24, 2.45) is 5.41 Å². The van der Waals surface area contributed by atoms with E-state index in [9.17, 15) is 4.79 Å². The average Bonchev–Trinajstić information content (AvgIpc) is 2.17. The Balaban J connectivity index is 2.54. The zero-order valence-corrected chi connectivity index (χ0v) is 10.4. The molecule has 1 aliphatic heterocycles. The highest BCUT2D eigenvalue weighted by atomic mass is 16.5. The van der Waals surface area contributed by atoms with Crippen molar-refractivity contribution in [3.8, 4) is 0 Å². The first-order valence-corrected chi connectivity index (χ1v) is 5.65. The molecular formula is C12H23NO2. The highest BCUT2D eigenvalue weighted by Crippen LogP contribution is 2.26. The van der Waals surface area contributed by atoms with Crippen molar-refractivity contribution in [1.29, 1.82) is 0 Å². The first-order valence-electron chi connectivity index (χ1n) is 5.65. The number of likely N-dealkylation sites (tertiary alicyclic amines) is 1. The lowest BCUT2D eigenvalue weighted by Crippen LogP contribution is -2.50. The third-order valence-corrected chi connectivity index (χ3v) is 3.18. The van der Waals surface area contributed by atoms with Crippen molar-refractivity contribution < 1.29 is 9.53 Å². The number of nitrogens with zero attached hydrogens (tertiary/aromatic N) is 1. The summed E-state index contributed by atoms with van der Waals surface area (Å²) in [7, 11) is 1.77. The van der Waals surface area contributed by atoms with Gasteiger partial charge in [-0.3, -0.25) is 4.90 Å². The number of piperidine rings is 1. The van der Waals surface area contributed by atoms with Gasteiger partial charge in [-0.15, -0.1) is 0 Å². The fourth-order valence-corrected chi connectivity index (χ4v) is 2.22. The maximum absolute atomic E-state index is 10.9. The van der Waals surface area contributed by atoms with E-state index in [0.717, 1.165) is 38.8 Å². The van der Waals surface area contributed by atoms with E-state index in [1.165, 1.54) is 0 Å². The molecule has 0 aliphatic carbocycles. The second-order valence-corrected chi connectivity index (χ2v) is 5.57. The summed E-state index contributed by atoms with van der Waals surface area (Å²) in [5, 5.41) is 0. The molecule has 15 heavy (non-hydrogen) atoms. The maximum atomic E-state index is 10.9. The molecule has 0 aromatic heterocycles. The summed E-state index contributed by atoms with van der Waals surface area (Å²) in [5.41, 5.74) is -0.275. The van der Waals surface area contributed by atoms with Crippen molar-refractivity contribution in [1.82, 2.24) is 4.90 Å².